The van der Waals surface area contributed by atoms with Gasteiger partial charge in [0.15, 0.2) is 5.65 Å². The van der Waals surface area contributed by atoms with E-state index >= 15 is 0 Å². The molecule has 8 aromatic rings. The maximum atomic E-state index is 4.94. The van der Waals surface area contributed by atoms with Crippen molar-refractivity contribution in [3.63, 3.8) is 0 Å². The summed E-state index contributed by atoms with van der Waals surface area (Å²) < 4.78 is 2.18. The van der Waals surface area contributed by atoms with Gasteiger partial charge in [-0.2, -0.15) is 0 Å². The zero-order valence-electron chi connectivity index (χ0n) is 19.9. The predicted molar refractivity (Wildman–Crippen MR) is 148 cm³/mol. The minimum atomic E-state index is 0.741. The zero-order chi connectivity index (χ0) is 24.0. The number of aromatic nitrogens is 5. The molecule has 0 bridgehead atoms. The third-order valence-electron chi connectivity index (χ3n) is 7.54. The predicted octanol–water partition coefficient (Wildman–Crippen LogP) is 7.50. The second kappa shape index (κ2) is 6.89. The Kier molecular flexibility index (Phi) is 3.74. The largest absolute Gasteiger partial charge is 0.354 e. The van der Waals surface area contributed by atoms with Gasteiger partial charge >= 0.3 is 0 Å². The summed E-state index contributed by atoms with van der Waals surface area (Å²) in [6, 6.07) is 23.8. The second-order valence-corrected chi connectivity index (χ2v) is 9.57. The number of nitrogens with zero attached hydrogens (tertiary/aromatic N) is 4. The second-order valence-electron chi connectivity index (χ2n) is 9.57. The number of pyridine rings is 3. The van der Waals surface area contributed by atoms with Gasteiger partial charge in [0.2, 0.25) is 0 Å². The van der Waals surface area contributed by atoms with Gasteiger partial charge in [0.25, 0.3) is 0 Å². The summed E-state index contributed by atoms with van der Waals surface area (Å²) >= 11 is 0. The van der Waals surface area contributed by atoms with Crippen LogP contribution in [-0.2, 0) is 0 Å². The van der Waals surface area contributed by atoms with Crippen molar-refractivity contribution in [1.29, 1.82) is 0 Å². The molecule has 0 spiro atoms. The van der Waals surface area contributed by atoms with Crippen LogP contribution in [0, 0.1) is 13.8 Å². The first-order valence-corrected chi connectivity index (χ1v) is 12.1. The highest BCUT2D eigenvalue weighted by atomic mass is 15.1. The van der Waals surface area contributed by atoms with E-state index in [9.17, 15) is 0 Å². The molecule has 0 saturated heterocycles. The van der Waals surface area contributed by atoms with E-state index < -0.39 is 0 Å². The van der Waals surface area contributed by atoms with Crippen molar-refractivity contribution in [3.8, 4) is 11.1 Å². The van der Waals surface area contributed by atoms with E-state index in [1.165, 1.54) is 38.4 Å². The van der Waals surface area contributed by atoms with E-state index in [0.717, 1.165) is 44.1 Å². The molecule has 1 N–H and O–H groups in total. The molecule has 8 rings (SSSR count). The molecule has 5 heteroatoms. The summed E-state index contributed by atoms with van der Waals surface area (Å²) in [5.41, 5.74) is 11.0. The van der Waals surface area contributed by atoms with Gasteiger partial charge < -0.3 is 4.98 Å². The van der Waals surface area contributed by atoms with E-state index in [-0.39, 0.29) is 0 Å². The van der Waals surface area contributed by atoms with Crippen molar-refractivity contribution in [3.05, 3.63) is 96.4 Å². The highest BCUT2D eigenvalue weighted by molar-refractivity contribution is 6.27. The van der Waals surface area contributed by atoms with Crippen LogP contribution in [0.2, 0.25) is 0 Å². The molecule has 0 atom stereocenters. The topological polar surface area (TPSA) is 58.9 Å². The van der Waals surface area contributed by atoms with Crippen molar-refractivity contribution in [1.82, 2.24) is 24.3 Å². The molecule has 0 aliphatic rings. The number of nitrogens with one attached hydrogen (secondary N) is 1. The lowest BCUT2D eigenvalue weighted by Gasteiger charge is -2.10. The monoisotopic (exact) mass is 463 g/mol. The van der Waals surface area contributed by atoms with Gasteiger partial charge in [0, 0.05) is 44.8 Å². The number of hydrogen-bond acceptors (Lipinski definition) is 3. The average molecular weight is 464 g/mol. The summed E-state index contributed by atoms with van der Waals surface area (Å²) in [6.07, 6.45) is 5.59. The number of H-pyrrole nitrogens is 1. The Bertz CT molecular complexity index is 2180. The van der Waals surface area contributed by atoms with Gasteiger partial charge in [-0.05, 0) is 72.5 Å². The number of rotatable bonds is 1. The standard InChI is InChI=1S/C31H21N5/c1-17-6-3-4-7-19(17)23-15-25-24(14-18(23)2)20-9-10-22-28(29(20)34-25)21-11-13-32-16-27(21)36-26-8-5-12-33-30(26)35-31(22)36/h3-16,34H,1-2H3. The van der Waals surface area contributed by atoms with Crippen molar-refractivity contribution in [2.75, 3.05) is 0 Å². The van der Waals surface area contributed by atoms with Crippen molar-refractivity contribution >= 4 is 60.3 Å². The Morgan fingerprint density at radius 1 is 0.722 bits per heavy atom. The van der Waals surface area contributed by atoms with Crippen LogP contribution in [0.5, 0.6) is 0 Å². The maximum absolute atomic E-state index is 4.94. The first-order chi connectivity index (χ1) is 17.7. The number of fused-ring (bicyclic) bond motifs is 12. The minimum Gasteiger partial charge on any atom is -0.354 e. The highest BCUT2D eigenvalue weighted by Crippen LogP contribution is 2.40. The molecule has 5 nitrogen and oxygen atoms in total. The first kappa shape index (κ1) is 19.5. The van der Waals surface area contributed by atoms with Crippen LogP contribution < -0.4 is 0 Å². The number of aromatic amines is 1. The van der Waals surface area contributed by atoms with Gasteiger partial charge in [-0.3, -0.25) is 9.38 Å². The van der Waals surface area contributed by atoms with Crippen LogP contribution >= 0.6 is 0 Å². The zero-order valence-corrected chi connectivity index (χ0v) is 19.9. The van der Waals surface area contributed by atoms with Crippen LogP contribution in [0.1, 0.15) is 11.1 Å². The van der Waals surface area contributed by atoms with Gasteiger partial charge in [0.05, 0.1) is 22.7 Å². The van der Waals surface area contributed by atoms with E-state index in [1.807, 2.05) is 18.5 Å². The lowest BCUT2D eigenvalue weighted by molar-refractivity contribution is 1.27. The molecule has 5 heterocycles. The van der Waals surface area contributed by atoms with Gasteiger partial charge in [-0.1, -0.05) is 30.3 Å². The number of imidazole rings is 1. The molecular weight excluding hydrogens is 442 g/mol. The van der Waals surface area contributed by atoms with Crippen LogP contribution in [0.4, 0.5) is 0 Å². The molecular formula is C31H21N5. The fourth-order valence-electron chi connectivity index (χ4n) is 5.87. The Morgan fingerprint density at radius 2 is 1.61 bits per heavy atom. The summed E-state index contributed by atoms with van der Waals surface area (Å²) in [5.74, 6) is 0. The third-order valence-corrected chi connectivity index (χ3v) is 7.54. The lowest BCUT2D eigenvalue weighted by atomic mass is 9.95. The smallest absolute Gasteiger partial charge is 0.178 e. The number of hydrogen-bond donors (Lipinski definition) is 1. The quantitative estimate of drug-likeness (QED) is 0.256. The Balaban J connectivity index is 1.55. The Morgan fingerprint density at radius 3 is 2.53 bits per heavy atom. The van der Waals surface area contributed by atoms with Gasteiger partial charge in [0.1, 0.15) is 5.65 Å². The molecule has 0 fully saturated rings. The van der Waals surface area contributed by atoms with E-state index in [2.05, 4.69) is 93.9 Å². The first-order valence-electron chi connectivity index (χ1n) is 12.1. The van der Waals surface area contributed by atoms with Crippen molar-refractivity contribution in [2.24, 2.45) is 0 Å². The van der Waals surface area contributed by atoms with Crippen LogP contribution in [-0.4, -0.2) is 24.3 Å². The fraction of sp³-hybridized carbons (Fsp3) is 0.0645. The van der Waals surface area contributed by atoms with E-state index in [4.69, 9.17) is 4.98 Å². The third kappa shape index (κ3) is 2.46. The van der Waals surface area contributed by atoms with Gasteiger partial charge in [-0.25, -0.2) is 9.97 Å². The molecule has 0 saturated carbocycles. The molecule has 5 aromatic heterocycles. The molecule has 0 radical (unpaired) electrons. The highest BCUT2D eigenvalue weighted by Gasteiger charge is 2.18. The van der Waals surface area contributed by atoms with E-state index in [1.54, 1.807) is 6.20 Å². The normalized spacial score (nSPS) is 12.2. The summed E-state index contributed by atoms with van der Waals surface area (Å²) in [5, 5.41) is 5.86. The summed E-state index contributed by atoms with van der Waals surface area (Å²) in [7, 11) is 0. The molecule has 170 valence electrons. The molecule has 0 unspecified atom stereocenters. The minimum absolute atomic E-state index is 0.741. The Hall–Kier alpha value is -4.77. The van der Waals surface area contributed by atoms with Crippen LogP contribution in [0.25, 0.3) is 71.4 Å². The van der Waals surface area contributed by atoms with Crippen LogP contribution in [0.3, 0.4) is 0 Å². The lowest BCUT2D eigenvalue weighted by Crippen LogP contribution is -1.92. The molecule has 36 heavy (non-hydrogen) atoms. The number of benzene rings is 3. The Labute approximate surface area is 206 Å². The van der Waals surface area contributed by atoms with Gasteiger partial charge in [-0.15, -0.1) is 0 Å². The summed E-state index contributed by atoms with van der Waals surface area (Å²) in [6.45, 7) is 4.38. The molecule has 0 amide bonds. The fourth-order valence-corrected chi connectivity index (χ4v) is 5.87. The molecule has 0 aliphatic heterocycles. The number of aryl methyl sites for hydroxylation is 2. The van der Waals surface area contributed by atoms with Crippen LogP contribution in [0.15, 0.2) is 85.3 Å². The van der Waals surface area contributed by atoms with E-state index in [0.29, 0.717) is 0 Å². The molecule has 0 aliphatic carbocycles. The SMILES string of the molecule is Cc1ccccc1-c1cc2[nH]c3c(ccc4c3c3ccncc3n3c5cccnc5nc43)c2cc1C. The average Bonchev–Trinajstić information content (AvgIpc) is 3.47. The maximum Gasteiger partial charge on any atom is 0.178 e. The summed E-state index contributed by atoms with van der Waals surface area (Å²) in [4.78, 5) is 17.7. The van der Waals surface area contributed by atoms with Crippen molar-refractivity contribution < 1.29 is 0 Å². The molecule has 3 aromatic carbocycles. The van der Waals surface area contributed by atoms with Crippen molar-refractivity contribution in [2.45, 2.75) is 13.8 Å².